The number of nitrogens with two attached hydrogens (primary N) is 1. The minimum atomic E-state index is 0.684. The number of benzene rings is 1. The first-order valence-corrected chi connectivity index (χ1v) is 6.42. The van der Waals surface area contributed by atoms with E-state index in [0.29, 0.717) is 6.54 Å². The molecule has 0 aliphatic carbocycles. The Balaban J connectivity index is 2.66. The zero-order chi connectivity index (χ0) is 13.8. The summed E-state index contributed by atoms with van der Waals surface area (Å²) in [7, 11) is 3.31. The van der Waals surface area contributed by atoms with Crippen LogP contribution in [-0.2, 0) is 6.42 Å². The number of fused-ring (bicyclic) bond motifs is 1. The smallest absolute Gasteiger partial charge is 0.148 e. The van der Waals surface area contributed by atoms with Gasteiger partial charge in [-0.2, -0.15) is 0 Å². The lowest BCUT2D eigenvalue weighted by Crippen LogP contribution is -2.02. The van der Waals surface area contributed by atoms with E-state index in [2.05, 4.69) is 11.1 Å². The minimum Gasteiger partial charge on any atom is -0.497 e. The second-order valence-corrected chi connectivity index (χ2v) is 4.54. The van der Waals surface area contributed by atoms with Gasteiger partial charge >= 0.3 is 0 Å². The molecule has 0 fully saturated rings. The maximum Gasteiger partial charge on any atom is 0.148 e. The summed E-state index contributed by atoms with van der Waals surface area (Å²) in [5.74, 6) is 1.52. The van der Waals surface area contributed by atoms with Crippen molar-refractivity contribution in [2.45, 2.75) is 19.8 Å². The molecule has 0 spiro atoms. The third-order valence-corrected chi connectivity index (χ3v) is 3.17. The van der Waals surface area contributed by atoms with Crippen LogP contribution in [-0.4, -0.2) is 25.7 Å². The van der Waals surface area contributed by atoms with Crippen molar-refractivity contribution in [3.63, 3.8) is 0 Å². The number of ether oxygens (including phenoxy) is 2. The van der Waals surface area contributed by atoms with Gasteiger partial charge in [-0.05, 0) is 44.0 Å². The Bertz CT molecular complexity index is 582. The lowest BCUT2D eigenvalue weighted by molar-refractivity contribution is 0.397. The molecule has 0 amide bonds. The Morgan fingerprint density at radius 2 is 1.95 bits per heavy atom. The third kappa shape index (κ3) is 2.79. The summed E-state index contributed by atoms with van der Waals surface area (Å²) in [6.07, 6.45) is 1.89. The number of aromatic nitrogens is 1. The summed E-state index contributed by atoms with van der Waals surface area (Å²) in [4.78, 5) is 4.58. The van der Waals surface area contributed by atoms with Crippen molar-refractivity contribution >= 4 is 10.9 Å². The standard InChI is InChI=1S/C15H20N2O2/c1-10-7-11(5-4-6-16)13-8-12(18-2)9-14(19-3)15(13)17-10/h7-9H,4-6,16H2,1-3H3. The molecule has 1 aromatic carbocycles. The molecule has 0 saturated carbocycles. The Kier molecular flexibility index (Phi) is 4.22. The van der Waals surface area contributed by atoms with Crippen LogP contribution in [0.5, 0.6) is 11.5 Å². The number of hydrogen-bond acceptors (Lipinski definition) is 4. The quantitative estimate of drug-likeness (QED) is 0.897. The van der Waals surface area contributed by atoms with Gasteiger partial charge in [0.05, 0.1) is 14.2 Å². The fraction of sp³-hybridized carbons (Fsp3) is 0.400. The maximum atomic E-state index is 5.61. The molecule has 4 heteroatoms. The lowest BCUT2D eigenvalue weighted by atomic mass is 10.0. The molecule has 0 aliphatic heterocycles. The number of pyridine rings is 1. The summed E-state index contributed by atoms with van der Waals surface area (Å²) in [5, 5.41) is 1.08. The fourth-order valence-corrected chi connectivity index (χ4v) is 2.25. The predicted octanol–water partition coefficient (Wildman–Crippen LogP) is 2.45. The van der Waals surface area contributed by atoms with E-state index in [0.717, 1.165) is 40.9 Å². The Labute approximate surface area is 113 Å². The predicted molar refractivity (Wildman–Crippen MR) is 77.0 cm³/mol. The van der Waals surface area contributed by atoms with E-state index in [-0.39, 0.29) is 0 Å². The number of hydrogen-bond donors (Lipinski definition) is 1. The highest BCUT2D eigenvalue weighted by molar-refractivity contribution is 5.89. The topological polar surface area (TPSA) is 57.4 Å². The molecule has 0 unspecified atom stereocenters. The summed E-state index contributed by atoms with van der Waals surface area (Å²) in [6.45, 7) is 2.68. The molecule has 2 N–H and O–H groups in total. The van der Waals surface area contributed by atoms with Crippen LogP contribution in [0.25, 0.3) is 10.9 Å². The number of rotatable bonds is 5. The first-order valence-electron chi connectivity index (χ1n) is 6.42. The van der Waals surface area contributed by atoms with Crippen LogP contribution in [0.3, 0.4) is 0 Å². The van der Waals surface area contributed by atoms with Gasteiger partial charge in [0.1, 0.15) is 17.0 Å². The molecule has 0 radical (unpaired) electrons. The number of methoxy groups -OCH3 is 2. The van der Waals surface area contributed by atoms with Gasteiger partial charge in [0.15, 0.2) is 0 Å². The summed E-state index contributed by atoms with van der Waals surface area (Å²) in [6, 6.07) is 5.98. The summed E-state index contributed by atoms with van der Waals surface area (Å²) in [5.41, 5.74) is 8.72. The zero-order valence-electron chi connectivity index (χ0n) is 11.7. The van der Waals surface area contributed by atoms with E-state index in [4.69, 9.17) is 15.2 Å². The highest BCUT2D eigenvalue weighted by atomic mass is 16.5. The van der Waals surface area contributed by atoms with Crippen molar-refractivity contribution in [3.8, 4) is 11.5 Å². The van der Waals surface area contributed by atoms with Crippen LogP contribution in [0, 0.1) is 6.92 Å². The highest BCUT2D eigenvalue weighted by Gasteiger charge is 2.11. The minimum absolute atomic E-state index is 0.684. The highest BCUT2D eigenvalue weighted by Crippen LogP contribution is 2.32. The molecular formula is C15H20N2O2. The van der Waals surface area contributed by atoms with Crippen LogP contribution in [0.1, 0.15) is 17.7 Å². The van der Waals surface area contributed by atoms with Gasteiger partial charge in [0.2, 0.25) is 0 Å². The van der Waals surface area contributed by atoms with Gasteiger partial charge in [0.25, 0.3) is 0 Å². The first-order chi connectivity index (χ1) is 9.19. The van der Waals surface area contributed by atoms with E-state index >= 15 is 0 Å². The third-order valence-electron chi connectivity index (χ3n) is 3.17. The molecule has 0 aliphatic rings. The van der Waals surface area contributed by atoms with Gasteiger partial charge in [0, 0.05) is 17.1 Å². The Morgan fingerprint density at radius 3 is 2.58 bits per heavy atom. The maximum absolute atomic E-state index is 5.61. The SMILES string of the molecule is COc1cc(OC)c2nc(C)cc(CCCN)c2c1. The van der Waals surface area contributed by atoms with Crippen molar-refractivity contribution in [1.82, 2.24) is 4.98 Å². The van der Waals surface area contributed by atoms with Crippen molar-refractivity contribution in [3.05, 3.63) is 29.5 Å². The number of nitrogens with zero attached hydrogens (tertiary/aromatic N) is 1. The molecular weight excluding hydrogens is 240 g/mol. The van der Waals surface area contributed by atoms with Crippen LogP contribution >= 0.6 is 0 Å². The van der Waals surface area contributed by atoms with Gasteiger partial charge in [-0.15, -0.1) is 0 Å². The molecule has 2 rings (SSSR count). The van der Waals surface area contributed by atoms with Crippen LogP contribution < -0.4 is 15.2 Å². The van der Waals surface area contributed by atoms with Crippen molar-refractivity contribution in [1.29, 1.82) is 0 Å². The van der Waals surface area contributed by atoms with E-state index < -0.39 is 0 Å². The second-order valence-electron chi connectivity index (χ2n) is 4.54. The molecule has 2 aromatic rings. The van der Waals surface area contributed by atoms with Gasteiger partial charge in [-0.3, -0.25) is 0 Å². The second kappa shape index (κ2) is 5.89. The van der Waals surface area contributed by atoms with Gasteiger partial charge < -0.3 is 15.2 Å². The van der Waals surface area contributed by atoms with Gasteiger partial charge in [-0.1, -0.05) is 0 Å². The van der Waals surface area contributed by atoms with E-state index in [1.807, 2.05) is 19.1 Å². The molecule has 0 bridgehead atoms. The Morgan fingerprint density at radius 1 is 1.16 bits per heavy atom. The lowest BCUT2D eigenvalue weighted by Gasteiger charge is -2.12. The van der Waals surface area contributed by atoms with E-state index in [1.165, 1.54) is 5.56 Å². The van der Waals surface area contributed by atoms with Crippen LogP contribution in [0.4, 0.5) is 0 Å². The van der Waals surface area contributed by atoms with Crippen molar-refractivity contribution in [2.75, 3.05) is 20.8 Å². The monoisotopic (exact) mass is 260 g/mol. The summed E-state index contributed by atoms with van der Waals surface area (Å²) < 4.78 is 10.7. The zero-order valence-corrected chi connectivity index (χ0v) is 11.7. The molecule has 0 atom stereocenters. The average Bonchev–Trinajstić information content (AvgIpc) is 2.43. The molecule has 1 heterocycles. The van der Waals surface area contributed by atoms with Gasteiger partial charge in [-0.25, -0.2) is 4.98 Å². The fourth-order valence-electron chi connectivity index (χ4n) is 2.25. The number of aryl methyl sites for hydroxylation is 2. The largest absolute Gasteiger partial charge is 0.497 e. The molecule has 4 nitrogen and oxygen atoms in total. The normalized spacial score (nSPS) is 10.7. The van der Waals surface area contributed by atoms with Crippen molar-refractivity contribution < 1.29 is 9.47 Å². The van der Waals surface area contributed by atoms with E-state index in [9.17, 15) is 0 Å². The molecule has 1 aromatic heterocycles. The molecule has 19 heavy (non-hydrogen) atoms. The average molecular weight is 260 g/mol. The summed E-state index contributed by atoms with van der Waals surface area (Å²) >= 11 is 0. The Hall–Kier alpha value is -1.81. The molecule has 102 valence electrons. The van der Waals surface area contributed by atoms with Crippen molar-refractivity contribution in [2.24, 2.45) is 5.73 Å². The van der Waals surface area contributed by atoms with Crippen LogP contribution in [0.15, 0.2) is 18.2 Å². The van der Waals surface area contributed by atoms with E-state index in [1.54, 1.807) is 14.2 Å². The molecule has 0 saturated heterocycles. The first kappa shape index (κ1) is 13.6. The van der Waals surface area contributed by atoms with Crippen LogP contribution in [0.2, 0.25) is 0 Å².